The number of hydrogen-bond acceptors (Lipinski definition) is 5. The first kappa shape index (κ1) is 19.2. The van der Waals surface area contributed by atoms with Crippen molar-refractivity contribution in [1.29, 1.82) is 0 Å². The van der Waals surface area contributed by atoms with Crippen LogP contribution in [0.2, 0.25) is 0 Å². The zero-order valence-electron chi connectivity index (χ0n) is 15.1. The van der Waals surface area contributed by atoms with E-state index >= 15 is 0 Å². The second kappa shape index (κ2) is 8.84. The number of amides is 2. The number of carbonyl (C=O) groups is 3. The fourth-order valence-electron chi connectivity index (χ4n) is 3.46. The molecule has 1 fully saturated rings. The molecule has 2 heterocycles. The van der Waals surface area contributed by atoms with E-state index < -0.39 is 0 Å². The van der Waals surface area contributed by atoms with Gasteiger partial charge in [-0.15, -0.1) is 0 Å². The van der Waals surface area contributed by atoms with Crippen LogP contribution in [0.3, 0.4) is 0 Å². The molecule has 0 aliphatic carbocycles. The molecule has 0 aromatic rings. The summed E-state index contributed by atoms with van der Waals surface area (Å²) in [6, 6.07) is -0.631. The molecule has 0 spiro atoms. The molecule has 2 amide bonds. The molecule has 25 heavy (non-hydrogen) atoms. The van der Waals surface area contributed by atoms with Crippen molar-refractivity contribution >= 4 is 18.0 Å². The van der Waals surface area contributed by atoms with Crippen LogP contribution in [0.15, 0.2) is 11.3 Å². The van der Waals surface area contributed by atoms with E-state index in [-0.39, 0.29) is 36.5 Å². The third-order valence-electron chi connectivity index (χ3n) is 4.80. The predicted octanol–water partition coefficient (Wildman–Crippen LogP) is -0.637. The summed E-state index contributed by atoms with van der Waals surface area (Å²) in [6.45, 7) is 6.08. The fourth-order valence-corrected chi connectivity index (χ4v) is 3.46. The first-order valence-electron chi connectivity index (χ1n) is 8.89. The fraction of sp³-hybridized carbons (Fsp3) is 0.706. The number of likely N-dealkylation sites (tertiary alicyclic amines) is 1. The maximum absolute atomic E-state index is 12.4. The number of methoxy groups -OCH3 is 1. The Labute approximate surface area is 147 Å². The lowest BCUT2D eigenvalue weighted by atomic mass is 9.95. The molecule has 1 atom stereocenters. The van der Waals surface area contributed by atoms with Gasteiger partial charge in [0.05, 0.1) is 50.0 Å². The largest absolute Gasteiger partial charge is 0.469 e. The molecule has 0 aromatic heterocycles. The van der Waals surface area contributed by atoms with E-state index in [0.717, 1.165) is 25.9 Å². The maximum Gasteiger partial charge on any atom is 0.338 e. The van der Waals surface area contributed by atoms with Crippen LogP contribution in [0.5, 0.6) is 0 Å². The second-order valence-electron chi connectivity index (χ2n) is 6.40. The number of quaternary nitrogens is 1. The summed E-state index contributed by atoms with van der Waals surface area (Å²) < 4.78 is 9.98. The molecule has 2 aliphatic rings. The third-order valence-corrected chi connectivity index (χ3v) is 4.80. The van der Waals surface area contributed by atoms with Crippen LogP contribution in [0.25, 0.3) is 0 Å². The highest BCUT2D eigenvalue weighted by Crippen LogP contribution is 2.17. The Bertz CT molecular complexity index is 552. The normalized spacial score (nSPS) is 26.5. The van der Waals surface area contributed by atoms with E-state index in [2.05, 4.69) is 10.6 Å². The zero-order valence-corrected chi connectivity index (χ0v) is 15.1. The summed E-state index contributed by atoms with van der Waals surface area (Å²) in [6.07, 6.45) is 2.10. The molecule has 8 heteroatoms. The first-order chi connectivity index (χ1) is 12.0. The van der Waals surface area contributed by atoms with Gasteiger partial charge in [-0.1, -0.05) is 6.92 Å². The Kier molecular flexibility index (Phi) is 6.81. The van der Waals surface area contributed by atoms with Crippen LogP contribution in [0.1, 0.15) is 33.1 Å². The van der Waals surface area contributed by atoms with E-state index in [4.69, 9.17) is 9.47 Å². The summed E-state index contributed by atoms with van der Waals surface area (Å²) in [4.78, 5) is 37.1. The smallest absolute Gasteiger partial charge is 0.338 e. The van der Waals surface area contributed by atoms with Crippen molar-refractivity contribution in [2.45, 2.75) is 39.2 Å². The first-order valence-corrected chi connectivity index (χ1v) is 8.89. The van der Waals surface area contributed by atoms with Crippen molar-refractivity contribution in [2.75, 3.05) is 33.4 Å². The second-order valence-corrected chi connectivity index (χ2v) is 6.40. The lowest BCUT2D eigenvalue weighted by Gasteiger charge is -2.32. The molecule has 0 saturated carbocycles. The van der Waals surface area contributed by atoms with Gasteiger partial charge < -0.3 is 25.0 Å². The number of rotatable bonds is 6. The molecule has 8 nitrogen and oxygen atoms in total. The van der Waals surface area contributed by atoms with Gasteiger partial charge in [-0.2, -0.15) is 0 Å². The molecule has 0 radical (unpaired) electrons. The molecule has 3 N–H and O–H groups in total. The minimum atomic E-state index is -0.388. The van der Waals surface area contributed by atoms with E-state index in [1.54, 1.807) is 6.92 Å². The van der Waals surface area contributed by atoms with Crippen LogP contribution < -0.4 is 15.5 Å². The van der Waals surface area contributed by atoms with Crippen molar-refractivity contribution in [2.24, 2.45) is 5.92 Å². The predicted molar refractivity (Wildman–Crippen MR) is 89.7 cm³/mol. The van der Waals surface area contributed by atoms with Gasteiger partial charge >= 0.3 is 18.0 Å². The Morgan fingerprint density at radius 1 is 1.24 bits per heavy atom. The molecule has 0 bridgehead atoms. The average Bonchev–Trinajstić information content (AvgIpc) is 2.61. The van der Waals surface area contributed by atoms with Crippen molar-refractivity contribution in [3.05, 3.63) is 11.3 Å². The standard InChI is InChI=1S/C17H27N3O5/c1-4-12-14(16(22)25-5-2)13(19-17(23)18-12)10-20-8-6-11(7-9-20)15(21)24-3/h11-12H,4-10H2,1-3H3,(H2,18,19,23)/p+1/t12-/m0/s1. The van der Waals surface area contributed by atoms with Crippen molar-refractivity contribution in [3.8, 4) is 0 Å². The van der Waals surface area contributed by atoms with Crippen LogP contribution in [0, 0.1) is 5.92 Å². The van der Waals surface area contributed by atoms with Gasteiger partial charge in [0.15, 0.2) is 0 Å². The number of ether oxygens (including phenoxy) is 2. The molecule has 2 aliphatic heterocycles. The highest BCUT2D eigenvalue weighted by Gasteiger charge is 2.35. The lowest BCUT2D eigenvalue weighted by molar-refractivity contribution is -0.901. The van der Waals surface area contributed by atoms with E-state index in [1.807, 2.05) is 6.92 Å². The summed E-state index contributed by atoms with van der Waals surface area (Å²) in [7, 11) is 1.41. The van der Waals surface area contributed by atoms with Gasteiger partial charge in [0, 0.05) is 12.8 Å². The zero-order chi connectivity index (χ0) is 18.4. The van der Waals surface area contributed by atoms with Gasteiger partial charge in [0.2, 0.25) is 0 Å². The Morgan fingerprint density at radius 3 is 2.48 bits per heavy atom. The number of esters is 2. The number of nitrogens with one attached hydrogen (secondary N) is 3. The Hall–Kier alpha value is -2.09. The van der Waals surface area contributed by atoms with E-state index in [0.29, 0.717) is 24.2 Å². The molecule has 0 aromatic carbocycles. The summed E-state index contributed by atoms with van der Waals surface area (Å²) in [5.41, 5.74) is 1.13. The van der Waals surface area contributed by atoms with Crippen LogP contribution in [-0.4, -0.2) is 57.4 Å². The number of hydrogen-bond donors (Lipinski definition) is 3. The monoisotopic (exact) mass is 354 g/mol. The van der Waals surface area contributed by atoms with Crippen LogP contribution in [-0.2, 0) is 19.1 Å². The number of urea groups is 1. The molecular formula is C17H28N3O5+. The average molecular weight is 354 g/mol. The highest BCUT2D eigenvalue weighted by atomic mass is 16.5. The summed E-state index contributed by atoms with van der Waals surface area (Å²) >= 11 is 0. The lowest BCUT2D eigenvalue weighted by Crippen LogP contribution is -3.13. The Balaban J connectivity index is 2.11. The van der Waals surface area contributed by atoms with Crippen molar-refractivity contribution in [1.82, 2.24) is 10.6 Å². The summed E-state index contributed by atoms with van der Waals surface area (Å²) in [5.74, 6) is -0.606. The van der Waals surface area contributed by atoms with E-state index in [1.165, 1.54) is 12.0 Å². The maximum atomic E-state index is 12.4. The van der Waals surface area contributed by atoms with Crippen molar-refractivity contribution < 1.29 is 28.8 Å². The SMILES string of the molecule is CCOC(=O)C1=C(C[NH+]2CCC(C(=O)OC)CC2)NC(=O)N[C@H]1CC. The Morgan fingerprint density at radius 2 is 1.92 bits per heavy atom. The van der Waals surface area contributed by atoms with Gasteiger partial charge in [0.25, 0.3) is 0 Å². The van der Waals surface area contributed by atoms with Gasteiger partial charge in [-0.3, -0.25) is 4.79 Å². The topological polar surface area (TPSA) is 98.2 Å². The van der Waals surface area contributed by atoms with Crippen LogP contribution >= 0.6 is 0 Å². The van der Waals surface area contributed by atoms with Gasteiger partial charge in [-0.05, 0) is 13.3 Å². The number of carbonyl (C=O) groups excluding carboxylic acids is 3. The van der Waals surface area contributed by atoms with E-state index in [9.17, 15) is 14.4 Å². The minimum Gasteiger partial charge on any atom is -0.469 e. The quantitative estimate of drug-likeness (QED) is 0.552. The molecule has 140 valence electrons. The molecule has 0 unspecified atom stereocenters. The van der Waals surface area contributed by atoms with Crippen LogP contribution in [0.4, 0.5) is 4.79 Å². The third kappa shape index (κ3) is 4.72. The number of piperidine rings is 1. The summed E-state index contributed by atoms with van der Waals surface area (Å²) in [5, 5.41) is 5.55. The highest BCUT2D eigenvalue weighted by molar-refractivity contribution is 5.94. The van der Waals surface area contributed by atoms with Gasteiger partial charge in [-0.25, -0.2) is 9.59 Å². The molecule has 2 rings (SSSR count). The molecule has 1 saturated heterocycles. The molecular weight excluding hydrogens is 326 g/mol. The van der Waals surface area contributed by atoms with Gasteiger partial charge in [0.1, 0.15) is 6.54 Å². The minimum absolute atomic E-state index is 0.0572. The van der Waals surface area contributed by atoms with Crippen molar-refractivity contribution in [3.63, 3.8) is 0 Å².